The van der Waals surface area contributed by atoms with Crippen molar-refractivity contribution in [2.24, 2.45) is 0 Å². The molecule has 0 saturated carbocycles. The predicted molar refractivity (Wildman–Crippen MR) is 131 cm³/mol. The molecule has 34 heavy (non-hydrogen) atoms. The molecule has 1 heterocycles. The standard InChI is InChI=1S/C26H33ClN2O5/c1-26(2,3)34-25(31)28-13-7-8-15-32-20-11-12-21(22(27)17-20)24(30)29-14-16-33-23(18-29)19-9-5-4-6-10-19/h4-6,9-12,17,23H,7-8,13-16,18H2,1-3H3,(H,28,31). The molecule has 1 aliphatic rings. The molecule has 1 N–H and O–H groups in total. The third-order valence-electron chi connectivity index (χ3n) is 5.20. The van der Waals surface area contributed by atoms with E-state index in [2.05, 4.69) is 5.32 Å². The van der Waals surface area contributed by atoms with Crippen molar-refractivity contribution < 1.29 is 23.8 Å². The van der Waals surface area contributed by atoms with Gasteiger partial charge in [-0.1, -0.05) is 41.9 Å². The second kappa shape index (κ2) is 12.1. The molecule has 0 spiro atoms. The summed E-state index contributed by atoms with van der Waals surface area (Å²) in [6, 6.07) is 15.0. The van der Waals surface area contributed by atoms with Gasteiger partial charge in [0.25, 0.3) is 5.91 Å². The number of nitrogens with zero attached hydrogens (tertiary/aromatic N) is 1. The molecule has 0 bridgehead atoms. The number of amides is 2. The molecule has 8 heteroatoms. The number of alkyl carbamates (subject to hydrolysis) is 1. The van der Waals surface area contributed by atoms with Gasteiger partial charge >= 0.3 is 6.09 Å². The van der Waals surface area contributed by atoms with Crippen molar-refractivity contribution in [3.8, 4) is 5.75 Å². The van der Waals surface area contributed by atoms with Crippen molar-refractivity contribution in [1.29, 1.82) is 0 Å². The van der Waals surface area contributed by atoms with Crippen molar-refractivity contribution in [3.05, 3.63) is 64.7 Å². The van der Waals surface area contributed by atoms with Crippen LogP contribution in [-0.4, -0.2) is 55.3 Å². The van der Waals surface area contributed by atoms with Gasteiger partial charge in [0.05, 0.1) is 30.3 Å². The number of nitrogens with one attached hydrogen (secondary N) is 1. The maximum atomic E-state index is 13.1. The van der Waals surface area contributed by atoms with Crippen LogP contribution in [0.3, 0.4) is 0 Å². The van der Waals surface area contributed by atoms with Gasteiger partial charge in [-0.25, -0.2) is 4.79 Å². The number of unbranched alkanes of at least 4 members (excludes halogenated alkanes) is 1. The summed E-state index contributed by atoms with van der Waals surface area (Å²) in [6.45, 7) is 7.94. The van der Waals surface area contributed by atoms with E-state index in [4.69, 9.17) is 25.8 Å². The minimum atomic E-state index is -0.509. The Bertz CT molecular complexity index is 961. The van der Waals surface area contributed by atoms with E-state index in [0.717, 1.165) is 18.4 Å². The van der Waals surface area contributed by atoms with Crippen molar-refractivity contribution in [1.82, 2.24) is 10.2 Å². The highest BCUT2D eigenvalue weighted by Crippen LogP contribution is 2.27. The molecular weight excluding hydrogens is 456 g/mol. The van der Waals surface area contributed by atoms with E-state index in [9.17, 15) is 9.59 Å². The van der Waals surface area contributed by atoms with Crippen molar-refractivity contribution in [3.63, 3.8) is 0 Å². The highest BCUT2D eigenvalue weighted by Gasteiger charge is 2.27. The molecule has 2 aromatic rings. The molecule has 2 aromatic carbocycles. The second-order valence-corrected chi connectivity index (χ2v) is 9.55. The maximum Gasteiger partial charge on any atom is 0.407 e. The number of morpholine rings is 1. The van der Waals surface area contributed by atoms with Gasteiger partial charge < -0.3 is 24.4 Å². The predicted octanol–water partition coefficient (Wildman–Crippen LogP) is 5.24. The molecule has 1 atom stereocenters. The Labute approximate surface area is 206 Å². The molecule has 0 aliphatic carbocycles. The van der Waals surface area contributed by atoms with Crippen LogP contribution in [0.1, 0.15) is 55.6 Å². The zero-order chi connectivity index (χ0) is 24.6. The molecule has 1 aliphatic heterocycles. The number of benzene rings is 2. The first-order valence-electron chi connectivity index (χ1n) is 11.6. The summed E-state index contributed by atoms with van der Waals surface area (Å²) in [5, 5.41) is 3.08. The largest absolute Gasteiger partial charge is 0.494 e. The lowest BCUT2D eigenvalue weighted by Gasteiger charge is -2.33. The monoisotopic (exact) mass is 488 g/mol. The number of carbonyl (C=O) groups excluding carboxylic acids is 2. The topological polar surface area (TPSA) is 77.1 Å². The second-order valence-electron chi connectivity index (χ2n) is 9.15. The first kappa shape index (κ1) is 25.8. The van der Waals surface area contributed by atoms with E-state index < -0.39 is 11.7 Å². The summed E-state index contributed by atoms with van der Waals surface area (Å²) in [5.74, 6) is 0.486. The lowest BCUT2D eigenvalue weighted by Crippen LogP contribution is -2.42. The van der Waals surface area contributed by atoms with Crippen LogP contribution in [0.4, 0.5) is 4.79 Å². The molecule has 1 unspecified atom stereocenters. The summed E-state index contributed by atoms with van der Waals surface area (Å²) in [6.07, 6.45) is 0.937. The van der Waals surface area contributed by atoms with Crippen LogP contribution in [0.25, 0.3) is 0 Å². The quantitative estimate of drug-likeness (QED) is 0.514. The van der Waals surface area contributed by atoms with Gasteiger partial charge in [0.1, 0.15) is 17.5 Å². The Morgan fingerprint density at radius 3 is 2.62 bits per heavy atom. The molecule has 1 fully saturated rings. The first-order chi connectivity index (χ1) is 16.2. The Kier molecular flexibility index (Phi) is 9.19. The summed E-state index contributed by atoms with van der Waals surface area (Å²) in [7, 11) is 0. The molecule has 2 amide bonds. The summed E-state index contributed by atoms with van der Waals surface area (Å²) in [4.78, 5) is 26.5. The van der Waals surface area contributed by atoms with Crippen LogP contribution in [0, 0.1) is 0 Å². The third kappa shape index (κ3) is 7.92. The smallest absolute Gasteiger partial charge is 0.407 e. The van der Waals surface area contributed by atoms with Gasteiger partial charge in [-0.15, -0.1) is 0 Å². The van der Waals surface area contributed by atoms with E-state index in [1.165, 1.54) is 0 Å². The number of hydrogen-bond acceptors (Lipinski definition) is 5. The van der Waals surface area contributed by atoms with Crippen LogP contribution in [-0.2, 0) is 9.47 Å². The number of rotatable bonds is 8. The fourth-order valence-electron chi connectivity index (χ4n) is 3.55. The van der Waals surface area contributed by atoms with Crippen molar-refractivity contribution in [2.45, 2.75) is 45.3 Å². The average molecular weight is 489 g/mol. The molecule has 0 radical (unpaired) electrons. The molecule has 3 rings (SSSR count). The highest BCUT2D eigenvalue weighted by molar-refractivity contribution is 6.34. The summed E-state index contributed by atoms with van der Waals surface area (Å²) in [5.41, 5.74) is 0.992. The normalized spacial score (nSPS) is 16.1. The van der Waals surface area contributed by atoms with Crippen LogP contribution in [0.15, 0.2) is 48.5 Å². The van der Waals surface area contributed by atoms with Gasteiger partial charge in [0.2, 0.25) is 0 Å². The van der Waals surface area contributed by atoms with Gasteiger partial charge in [0, 0.05) is 13.1 Å². The zero-order valence-corrected chi connectivity index (χ0v) is 20.8. The molecular formula is C26H33ClN2O5. The minimum absolute atomic E-state index is 0.117. The third-order valence-corrected chi connectivity index (χ3v) is 5.52. The highest BCUT2D eigenvalue weighted by atomic mass is 35.5. The molecule has 0 aromatic heterocycles. The van der Waals surface area contributed by atoms with E-state index in [1.807, 2.05) is 51.1 Å². The Hall–Kier alpha value is -2.77. The summed E-state index contributed by atoms with van der Waals surface area (Å²) >= 11 is 6.43. The summed E-state index contributed by atoms with van der Waals surface area (Å²) < 4.78 is 16.8. The van der Waals surface area contributed by atoms with Crippen LogP contribution in [0.2, 0.25) is 5.02 Å². The van der Waals surface area contributed by atoms with Crippen LogP contribution >= 0.6 is 11.6 Å². The van der Waals surface area contributed by atoms with Gasteiger partial charge in [-0.2, -0.15) is 0 Å². The van der Waals surface area contributed by atoms with Crippen LogP contribution in [0.5, 0.6) is 5.75 Å². The van der Waals surface area contributed by atoms with Crippen molar-refractivity contribution in [2.75, 3.05) is 32.8 Å². The lowest BCUT2D eigenvalue weighted by molar-refractivity contribution is -0.0228. The number of carbonyl (C=O) groups is 2. The fourth-order valence-corrected chi connectivity index (χ4v) is 3.81. The minimum Gasteiger partial charge on any atom is -0.494 e. The SMILES string of the molecule is CC(C)(C)OC(=O)NCCCCOc1ccc(C(=O)N2CCOC(c3ccccc3)C2)c(Cl)c1. The molecule has 1 saturated heterocycles. The van der Waals surface area contributed by atoms with Crippen molar-refractivity contribution >= 4 is 23.6 Å². The van der Waals surface area contributed by atoms with Gasteiger partial charge in [-0.05, 0) is 57.4 Å². The number of halogens is 1. The van der Waals surface area contributed by atoms with E-state index in [1.54, 1.807) is 23.1 Å². The van der Waals surface area contributed by atoms with Gasteiger partial charge in [0.15, 0.2) is 0 Å². The van der Waals surface area contributed by atoms with E-state index >= 15 is 0 Å². The molecule has 7 nitrogen and oxygen atoms in total. The Balaban J connectivity index is 1.44. The van der Waals surface area contributed by atoms with Crippen LogP contribution < -0.4 is 10.1 Å². The molecule has 184 valence electrons. The number of ether oxygens (including phenoxy) is 3. The fraction of sp³-hybridized carbons (Fsp3) is 0.462. The van der Waals surface area contributed by atoms with Gasteiger partial charge in [-0.3, -0.25) is 4.79 Å². The maximum absolute atomic E-state index is 13.1. The average Bonchev–Trinajstić information content (AvgIpc) is 2.80. The van der Waals surface area contributed by atoms with E-state index in [0.29, 0.717) is 49.2 Å². The Morgan fingerprint density at radius 2 is 1.91 bits per heavy atom. The Morgan fingerprint density at radius 1 is 1.15 bits per heavy atom. The zero-order valence-electron chi connectivity index (χ0n) is 20.0. The number of hydrogen-bond donors (Lipinski definition) is 1. The lowest BCUT2D eigenvalue weighted by atomic mass is 10.1. The first-order valence-corrected chi connectivity index (χ1v) is 12.0. The van der Waals surface area contributed by atoms with E-state index in [-0.39, 0.29) is 12.0 Å².